The van der Waals surface area contributed by atoms with Gasteiger partial charge in [0.05, 0.1) is 0 Å². The Hall–Kier alpha value is -2.06. The van der Waals surface area contributed by atoms with Gasteiger partial charge in [-0.25, -0.2) is 0 Å². The number of fused-ring (bicyclic) bond motifs is 3. The lowest BCUT2D eigenvalue weighted by Crippen LogP contribution is -2.52. The molecule has 3 unspecified atom stereocenters. The molecule has 2 aromatic carbocycles. The van der Waals surface area contributed by atoms with E-state index in [4.69, 9.17) is 0 Å². The molecule has 1 fully saturated rings. The fourth-order valence-electron chi connectivity index (χ4n) is 5.73. The average Bonchev–Trinajstić information content (AvgIpc) is 2.63. The molecular weight excluding hydrogens is 332 g/mol. The van der Waals surface area contributed by atoms with Crippen molar-refractivity contribution in [1.82, 2.24) is 0 Å². The van der Waals surface area contributed by atoms with Gasteiger partial charge in [-0.05, 0) is 58.9 Å². The molecule has 3 atom stereocenters. The summed E-state index contributed by atoms with van der Waals surface area (Å²) in [7, 11) is 0. The lowest BCUT2D eigenvalue weighted by atomic mass is 9.48. The molecule has 0 spiro atoms. The van der Waals surface area contributed by atoms with Crippen molar-refractivity contribution in [3.63, 3.8) is 0 Å². The topological polar surface area (TPSA) is 43.1 Å². The average molecular weight is 364 g/mol. The number of phenolic OH excluding ortho intramolecular Hbond substituents is 1. The van der Waals surface area contributed by atoms with Crippen LogP contribution >= 0.6 is 0 Å². The van der Waals surface area contributed by atoms with Crippen molar-refractivity contribution in [1.29, 1.82) is 0 Å². The number of benzene rings is 2. The third-order valence-electron chi connectivity index (χ3n) is 7.21. The number of phenols is 1. The number of hydrogen-bond donors (Lipinski definition) is 1. The van der Waals surface area contributed by atoms with Crippen molar-refractivity contribution in [2.45, 2.75) is 57.5 Å². The quantitative estimate of drug-likeness (QED) is 0.702. The lowest BCUT2D eigenvalue weighted by molar-refractivity contribution is -0.0414. The summed E-state index contributed by atoms with van der Waals surface area (Å²) >= 11 is 0. The first-order chi connectivity index (χ1) is 12.7. The second kappa shape index (κ2) is 6.24. The molecule has 0 saturated heterocycles. The fourth-order valence-corrected chi connectivity index (χ4v) is 5.73. The molecule has 1 saturated carbocycles. The third kappa shape index (κ3) is 3.00. The Labute approximate surface area is 162 Å². The molecule has 0 heterocycles. The van der Waals surface area contributed by atoms with Gasteiger partial charge in [0.25, 0.3) is 0 Å². The minimum atomic E-state index is -0.766. The van der Waals surface area contributed by atoms with Crippen molar-refractivity contribution < 1.29 is 10.2 Å². The monoisotopic (exact) mass is 363 g/mol. The first-order valence-electron chi connectivity index (χ1n) is 10.1. The molecule has 3 N–H and O–H groups in total. The van der Waals surface area contributed by atoms with E-state index in [-0.39, 0.29) is 10.8 Å². The zero-order valence-electron chi connectivity index (χ0n) is 16.6. The van der Waals surface area contributed by atoms with E-state index >= 15 is 0 Å². The van der Waals surface area contributed by atoms with Gasteiger partial charge in [-0.15, -0.1) is 0 Å². The minimum absolute atomic E-state index is 0.0287. The van der Waals surface area contributed by atoms with Crippen LogP contribution in [0.3, 0.4) is 0 Å². The highest BCUT2D eigenvalue weighted by atomic mass is 16.3. The second-order valence-corrected chi connectivity index (χ2v) is 9.46. The maximum Gasteiger partial charge on any atom is 0.209 e. The summed E-state index contributed by atoms with van der Waals surface area (Å²) in [6, 6.07) is 15.9. The largest absolute Gasteiger partial charge is 0.508 e. The number of hydrogen-bond acceptors (Lipinski definition) is 1. The molecule has 2 heteroatoms. The van der Waals surface area contributed by atoms with Crippen LogP contribution in [-0.2, 0) is 11.0 Å². The van der Waals surface area contributed by atoms with Crippen LogP contribution < -0.4 is 0 Å². The first-order valence-corrected chi connectivity index (χ1v) is 10.1. The van der Waals surface area contributed by atoms with Crippen LogP contribution in [0.25, 0.3) is 6.08 Å². The van der Waals surface area contributed by atoms with Crippen molar-refractivity contribution in [2.24, 2.45) is 11.3 Å². The maximum atomic E-state index is 10.2. The van der Waals surface area contributed by atoms with Gasteiger partial charge < -0.3 is 10.2 Å². The number of aromatic hydroxyl groups is 1. The third-order valence-corrected chi connectivity index (χ3v) is 7.21. The van der Waals surface area contributed by atoms with Crippen LogP contribution in [0.15, 0.2) is 54.6 Å². The van der Waals surface area contributed by atoms with Gasteiger partial charge in [0.2, 0.25) is 5.60 Å². The Kier molecular flexibility index (Phi) is 4.23. The predicted octanol–water partition coefficient (Wildman–Crippen LogP) is 5.51. The summed E-state index contributed by atoms with van der Waals surface area (Å²) in [4.78, 5) is 0. The van der Waals surface area contributed by atoms with Gasteiger partial charge in [0, 0.05) is 18.1 Å². The molecule has 0 bridgehead atoms. The SMILES string of the molecule is CC1(C)CCCC2(C)c3cc(O)ccc3C([OH2+])(/C=C/c3ccccc3)CC12. The summed E-state index contributed by atoms with van der Waals surface area (Å²) in [6.07, 6.45) is 8.54. The standard InChI is InChI=1S/C25H30O2/c1-23(2)13-7-14-24(3)21-16-19(26)10-11-20(21)25(27,17-22(23)24)15-12-18-8-5-4-6-9-18/h4-6,8-12,15-16,22,26-27H,7,13-14,17H2,1-3H3/p+1/b15-12+. The summed E-state index contributed by atoms with van der Waals surface area (Å²) in [5.41, 5.74) is 2.82. The van der Waals surface area contributed by atoms with E-state index in [0.29, 0.717) is 11.7 Å². The van der Waals surface area contributed by atoms with Crippen LogP contribution in [0.4, 0.5) is 0 Å². The van der Waals surface area contributed by atoms with Crippen LogP contribution in [0, 0.1) is 11.3 Å². The summed E-state index contributed by atoms with van der Waals surface area (Å²) in [5.74, 6) is 0.736. The van der Waals surface area contributed by atoms with E-state index in [1.165, 1.54) is 18.4 Å². The van der Waals surface area contributed by atoms with Gasteiger partial charge >= 0.3 is 0 Å². The van der Waals surface area contributed by atoms with Gasteiger partial charge in [0.1, 0.15) is 5.75 Å². The molecule has 0 radical (unpaired) electrons. The summed E-state index contributed by atoms with van der Waals surface area (Å²) < 4.78 is 0. The van der Waals surface area contributed by atoms with E-state index in [1.807, 2.05) is 30.3 Å². The fraction of sp³-hybridized carbons (Fsp3) is 0.440. The first kappa shape index (κ1) is 18.3. The predicted molar refractivity (Wildman–Crippen MR) is 112 cm³/mol. The molecule has 0 aliphatic heterocycles. The van der Waals surface area contributed by atoms with Crippen LogP contribution in [-0.4, -0.2) is 10.2 Å². The molecule has 2 aliphatic carbocycles. The van der Waals surface area contributed by atoms with Gasteiger partial charge in [0.15, 0.2) is 0 Å². The molecule has 27 heavy (non-hydrogen) atoms. The van der Waals surface area contributed by atoms with Gasteiger partial charge in [-0.1, -0.05) is 63.6 Å². The molecule has 2 aliphatic rings. The van der Waals surface area contributed by atoms with E-state index < -0.39 is 5.60 Å². The van der Waals surface area contributed by atoms with Crippen molar-refractivity contribution in [3.8, 4) is 5.75 Å². The van der Waals surface area contributed by atoms with Gasteiger partial charge in [-0.2, -0.15) is 0 Å². The number of rotatable bonds is 2. The molecule has 2 nitrogen and oxygen atoms in total. The Morgan fingerprint density at radius 1 is 1.00 bits per heavy atom. The Balaban J connectivity index is 1.86. The van der Waals surface area contributed by atoms with E-state index in [0.717, 1.165) is 24.0 Å². The molecule has 0 amide bonds. The summed E-state index contributed by atoms with van der Waals surface area (Å²) in [6.45, 7) is 7.09. The highest BCUT2D eigenvalue weighted by Crippen LogP contribution is 2.61. The van der Waals surface area contributed by atoms with Crippen LogP contribution in [0.2, 0.25) is 0 Å². The molecule has 4 rings (SSSR count). The zero-order chi connectivity index (χ0) is 19.3. The van der Waals surface area contributed by atoms with Crippen molar-refractivity contribution in [3.05, 3.63) is 71.3 Å². The lowest BCUT2D eigenvalue weighted by Gasteiger charge is -2.56. The molecule has 0 aromatic heterocycles. The zero-order valence-corrected chi connectivity index (χ0v) is 16.6. The maximum absolute atomic E-state index is 10.2. The molecule has 2 aromatic rings. The second-order valence-electron chi connectivity index (χ2n) is 9.46. The van der Waals surface area contributed by atoms with Crippen molar-refractivity contribution >= 4 is 6.08 Å². The van der Waals surface area contributed by atoms with E-state index in [9.17, 15) is 10.2 Å². The van der Waals surface area contributed by atoms with Crippen LogP contribution in [0.1, 0.15) is 63.1 Å². The highest BCUT2D eigenvalue weighted by molar-refractivity contribution is 5.55. The Morgan fingerprint density at radius 2 is 1.74 bits per heavy atom. The van der Waals surface area contributed by atoms with Crippen LogP contribution in [0.5, 0.6) is 5.75 Å². The minimum Gasteiger partial charge on any atom is -0.508 e. The smallest absolute Gasteiger partial charge is 0.209 e. The summed E-state index contributed by atoms with van der Waals surface area (Å²) in [5, 5.41) is 19.7. The highest BCUT2D eigenvalue weighted by Gasteiger charge is 2.57. The Bertz CT molecular complexity index is 867. The van der Waals surface area contributed by atoms with E-state index in [2.05, 4.69) is 45.1 Å². The van der Waals surface area contributed by atoms with Gasteiger partial charge in [-0.3, -0.25) is 0 Å². The normalized spacial score (nSPS) is 32.1. The van der Waals surface area contributed by atoms with E-state index in [1.54, 1.807) is 6.07 Å². The molecule has 142 valence electrons. The molecular formula is C25H31O2+. The van der Waals surface area contributed by atoms with Crippen molar-refractivity contribution in [2.75, 3.05) is 0 Å². The Morgan fingerprint density at radius 3 is 2.48 bits per heavy atom.